The lowest BCUT2D eigenvalue weighted by Gasteiger charge is -2.22. The van der Waals surface area contributed by atoms with E-state index in [0.717, 1.165) is 4.90 Å². The van der Waals surface area contributed by atoms with Gasteiger partial charge in [0, 0.05) is 22.5 Å². The number of hydrogen-bond acceptors (Lipinski definition) is 3. The van der Waals surface area contributed by atoms with E-state index in [9.17, 15) is 14.7 Å². The van der Waals surface area contributed by atoms with E-state index in [-0.39, 0.29) is 13.0 Å². The SMILES string of the molecule is O=C(O)[C@@H]1C[C@@H](O)CN1C(=O)Nc1cc(Cl)ccc1Br. The van der Waals surface area contributed by atoms with Crippen molar-refractivity contribution in [2.24, 2.45) is 0 Å². The lowest BCUT2D eigenvalue weighted by Crippen LogP contribution is -2.43. The first kappa shape index (κ1) is 15.1. The van der Waals surface area contributed by atoms with Gasteiger partial charge in [0.25, 0.3) is 0 Å². The molecule has 2 rings (SSSR count). The van der Waals surface area contributed by atoms with Crippen LogP contribution in [-0.4, -0.2) is 45.8 Å². The number of carboxylic acids is 1. The van der Waals surface area contributed by atoms with Crippen molar-refractivity contribution < 1.29 is 19.8 Å². The van der Waals surface area contributed by atoms with Crippen LogP contribution in [0.4, 0.5) is 10.5 Å². The number of β-amino-alcohol motifs (C(OH)–C–C–N with tert-alkyl or cyclic N) is 1. The van der Waals surface area contributed by atoms with Gasteiger partial charge in [-0.25, -0.2) is 9.59 Å². The number of hydrogen-bond donors (Lipinski definition) is 3. The van der Waals surface area contributed by atoms with Crippen LogP contribution in [0, 0.1) is 0 Å². The Bertz CT molecular complexity index is 554. The van der Waals surface area contributed by atoms with E-state index in [1.807, 2.05) is 0 Å². The molecule has 0 saturated carbocycles. The molecule has 3 N–H and O–H groups in total. The van der Waals surface area contributed by atoms with Gasteiger partial charge >= 0.3 is 12.0 Å². The first-order chi connectivity index (χ1) is 9.38. The molecular formula is C12H12BrClN2O4. The third kappa shape index (κ3) is 3.23. The van der Waals surface area contributed by atoms with E-state index in [2.05, 4.69) is 21.2 Å². The summed E-state index contributed by atoms with van der Waals surface area (Å²) in [5.74, 6) is -1.14. The summed E-state index contributed by atoms with van der Waals surface area (Å²) in [6, 6.07) is 3.26. The number of aliphatic hydroxyl groups is 1. The Kier molecular flexibility index (Phi) is 4.52. The Hall–Kier alpha value is -1.31. The van der Waals surface area contributed by atoms with Crippen LogP contribution >= 0.6 is 27.5 Å². The zero-order valence-electron chi connectivity index (χ0n) is 10.2. The number of rotatable bonds is 2. The van der Waals surface area contributed by atoms with Gasteiger partial charge in [0.15, 0.2) is 0 Å². The van der Waals surface area contributed by atoms with E-state index in [1.165, 1.54) is 0 Å². The standard InChI is InChI=1S/C12H12BrClN2O4/c13-8-2-1-6(14)3-9(8)15-12(20)16-5-7(17)4-10(16)11(18)19/h1-3,7,10,17H,4-5H2,(H,15,20)(H,18,19)/t7-,10+/m1/s1. The Morgan fingerprint density at radius 3 is 2.80 bits per heavy atom. The van der Waals surface area contributed by atoms with Crippen molar-refractivity contribution in [3.8, 4) is 0 Å². The normalized spacial score (nSPS) is 21.9. The molecule has 1 aliphatic rings. The quantitative estimate of drug-likeness (QED) is 0.751. The molecule has 0 unspecified atom stereocenters. The lowest BCUT2D eigenvalue weighted by atomic mass is 10.2. The number of carbonyl (C=O) groups is 2. The van der Waals surface area contributed by atoms with Gasteiger partial charge in [-0.05, 0) is 34.1 Å². The number of urea groups is 1. The largest absolute Gasteiger partial charge is 0.480 e. The summed E-state index contributed by atoms with van der Waals surface area (Å²) in [6.07, 6.45) is -0.802. The molecule has 1 heterocycles. The number of anilines is 1. The fourth-order valence-corrected chi connectivity index (χ4v) is 2.57. The number of nitrogens with zero attached hydrogens (tertiary/aromatic N) is 1. The highest BCUT2D eigenvalue weighted by molar-refractivity contribution is 9.10. The van der Waals surface area contributed by atoms with Crippen molar-refractivity contribution in [2.45, 2.75) is 18.6 Å². The fraction of sp³-hybridized carbons (Fsp3) is 0.333. The molecule has 108 valence electrons. The molecule has 20 heavy (non-hydrogen) atoms. The molecule has 1 aromatic carbocycles. The Morgan fingerprint density at radius 1 is 1.45 bits per heavy atom. The van der Waals surface area contributed by atoms with Gasteiger partial charge < -0.3 is 20.4 Å². The van der Waals surface area contributed by atoms with Crippen LogP contribution in [0.25, 0.3) is 0 Å². The monoisotopic (exact) mass is 362 g/mol. The summed E-state index contributed by atoms with van der Waals surface area (Å²) in [5, 5.41) is 21.6. The predicted molar refractivity (Wildman–Crippen MR) is 76.9 cm³/mol. The minimum Gasteiger partial charge on any atom is -0.480 e. The van der Waals surface area contributed by atoms with Gasteiger partial charge in [0.1, 0.15) is 6.04 Å². The number of benzene rings is 1. The third-order valence-corrected chi connectivity index (χ3v) is 3.92. The Morgan fingerprint density at radius 2 is 2.15 bits per heavy atom. The first-order valence-corrected chi connectivity index (χ1v) is 6.99. The highest BCUT2D eigenvalue weighted by Gasteiger charge is 2.39. The van der Waals surface area contributed by atoms with Crippen LogP contribution in [0.1, 0.15) is 6.42 Å². The molecule has 2 atom stereocenters. The van der Waals surface area contributed by atoms with E-state index >= 15 is 0 Å². The van der Waals surface area contributed by atoms with Gasteiger partial charge in [-0.15, -0.1) is 0 Å². The molecule has 0 aliphatic carbocycles. The van der Waals surface area contributed by atoms with Crippen molar-refractivity contribution >= 4 is 45.2 Å². The van der Waals surface area contributed by atoms with Crippen molar-refractivity contribution in [3.05, 3.63) is 27.7 Å². The Balaban J connectivity index is 2.15. The lowest BCUT2D eigenvalue weighted by molar-refractivity contribution is -0.141. The molecule has 1 aromatic rings. The molecule has 0 spiro atoms. The highest BCUT2D eigenvalue weighted by Crippen LogP contribution is 2.27. The minimum atomic E-state index is -1.14. The smallest absolute Gasteiger partial charge is 0.326 e. The van der Waals surface area contributed by atoms with Crippen LogP contribution < -0.4 is 5.32 Å². The second kappa shape index (κ2) is 5.99. The number of likely N-dealkylation sites (tertiary alicyclic amines) is 1. The van der Waals surface area contributed by atoms with Crippen LogP contribution in [0.15, 0.2) is 22.7 Å². The van der Waals surface area contributed by atoms with Crippen molar-refractivity contribution in [2.75, 3.05) is 11.9 Å². The predicted octanol–water partition coefficient (Wildman–Crippen LogP) is 2.15. The second-order valence-electron chi connectivity index (χ2n) is 4.45. The molecule has 8 heteroatoms. The molecule has 0 aromatic heterocycles. The maximum atomic E-state index is 12.1. The average molecular weight is 364 g/mol. The van der Waals surface area contributed by atoms with Gasteiger partial charge in [-0.3, -0.25) is 0 Å². The number of nitrogens with one attached hydrogen (secondary N) is 1. The van der Waals surface area contributed by atoms with Gasteiger partial charge in [-0.1, -0.05) is 11.6 Å². The van der Waals surface area contributed by atoms with Crippen molar-refractivity contribution in [1.82, 2.24) is 4.90 Å². The zero-order chi connectivity index (χ0) is 14.9. The second-order valence-corrected chi connectivity index (χ2v) is 5.74. The fourth-order valence-electron chi connectivity index (χ4n) is 2.05. The van der Waals surface area contributed by atoms with Crippen LogP contribution in [-0.2, 0) is 4.79 Å². The summed E-state index contributed by atoms with van der Waals surface area (Å²) in [6.45, 7) is -0.0129. The van der Waals surface area contributed by atoms with Crippen LogP contribution in [0.2, 0.25) is 5.02 Å². The summed E-state index contributed by atoms with van der Waals surface area (Å²) < 4.78 is 0.627. The van der Waals surface area contributed by atoms with E-state index in [0.29, 0.717) is 15.2 Å². The number of carbonyl (C=O) groups excluding carboxylic acids is 1. The van der Waals surface area contributed by atoms with Crippen LogP contribution in [0.3, 0.4) is 0 Å². The maximum Gasteiger partial charge on any atom is 0.326 e. The number of amides is 2. The van der Waals surface area contributed by atoms with Gasteiger partial charge in [0.2, 0.25) is 0 Å². The molecule has 0 radical (unpaired) electrons. The first-order valence-electron chi connectivity index (χ1n) is 5.82. The molecule has 0 bridgehead atoms. The summed E-state index contributed by atoms with van der Waals surface area (Å²) in [5.41, 5.74) is 0.438. The third-order valence-electron chi connectivity index (χ3n) is 2.99. The molecule has 1 aliphatic heterocycles. The van der Waals surface area contributed by atoms with E-state index in [4.69, 9.17) is 16.7 Å². The minimum absolute atomic E-state index is 0.0129. The van der Waals surface area contributed by atoms with E-state index < -0.39 is 24.1 Å². The highest BCUT2D eigenvalue weighted by atomic mass is 79.9. The van der Waals surface area contributed by atoms with Crippen molar-refractivity contribution in [3.63, 3.8) is 0 Å². The molecular weight excluding hydrogens is 351 g/mol. The van der Waals surface area contributed by atoms with Crippen LogP contribution in [0.5, 0.6) is 0 Å². The number of aliphatic hydroxyl groups excluding tert-OH is 1. The summed E-state index contributed by atoms with van der Waals surface area (Å²) in [4.78, 5) is 24.3. The average Bonchev–Trinajstić information content (AvgIpc) is 2.76. The Labute approximate surface area is 128 Å². The molecule has 2 amide bonds. The molecule has 6 nitrogen and oxygen atoms in total. The molecule has 1 fully saturated rings. The number of carboxylic acid groups (broad SMARTS) is 1. The number of halogens is 2. The zero-order valence-corrected chi connectivity index (χ0v) is 12.6. The maximum absolute atomic E-state index is 12.1. The summed E-state index contributed by atoms with van der Waals surface area (Å²) in [7, 11) is 0. The van der Waals surface area contributed by atoms with Crippen molar-refractivity contribution in [1.29, 1.82) is 0 Å². The summed E-state index contributed by atoms with van der Waals surface area (Å²) >= 11 is 9.11. The van der Waals surface area contributed by atoms with Gasteiger partial charge in [0.05, 0.1) is 11.8 Å². The van der Waals surface area contributed by atoms with Gasteiger partial charge in [-0.2, -0.15) is 0 Å². The van der Waals surface area contributed by atoms with E-state index in [1.54, 1.807) is 18.2 Å². The topological polar surface area (TPSA) is 89.9 Å². The number of aliphatic carboxylic acids is 1. The molecule has 1 saturated heterocycles.